The largest absolute Gasteiger partial charge is 0.370 e. The molecule has 1 aromatic rings. The van der Waals surface area contributed by atoms with Crippen molar-refractivity contribution in [2.75, 3.05) is 11.9 Å². The number of anilines is 1. The summed E-state index contributed by atoms with van der Waals surface area (Å²) in [5.41, 5.74) is 0. The minimum absolute atomic E-state index is 0.689. The van der Waals surface area contributed by atoms with Crippen LogP contribution in [0.5, 0.6) is 0 Å². The lowest BCUT2D eigenvalue weighted by Gasteiger charge is -2.25. The van der Waals surface area contributed by atoms with E-state index in [2.05, 4.69) is 10.3 Å². The summed E-state index contributed by atoms with van der Waals surface area (Å²) in [4.78, 5) is 4.17. The van der Waals surface area contributed by atoms with Gasteiger partial charge in [0.25, 0.3) is 0 Å². The van der Waals surface area contributed by atoms with Crippen molar-refractivity contribution in [2.24, 2.45) is 5.92 Å². The Morgan fingerprint density at radius 2 is 2.31 bits per heavy atom. The van der Waals surface area contributed by atoms with Crippen molar-refractivity contribution in [3.05, 3.63) is 23.4 Å². The molecule has 1 aromatic heterocycles. The number of rotatable bonds is 3. The summed E-state index contributed by atoms with van der Waals surface area (Å²) in [5.74, 6) is 1.79. The first kappa shape index (κ1) is 8.82. The third-order valence-corrected chi connectivity index (χ3v) is 2.75. The Morgan fingerprint density at radius 1 is 1.46 bits per heavy atom. The summed E-state index contributed by atoms with van der Waals surface area (Å²) in [6.45, 7) is 1.05. The average Bonchev–Trinajstić information content (AvgIpc) is 2.05. The first-order chi connectivity index (χ1) is 6.34. The molecular formula is C10H13ClN2. The lowest BCUT2D eigenvalue weighted by Crippen LogP contribution is -2.21. The lowest BCUT2D eigenvalue weighted by atomic mass is 9.85. The zero-order chi connectivity index (χ0) is 9.10. The predicted molar refractivity (Wildman–Crippen MR) is 55.1 cm³/mol. The first-order valence-electron chi connectivity index (χ1n) is 4.70. The van der Waals surface area contributed by atoms with Gasteiger partial charge in [0, 0.05) is 12.7 Å². The maximum absolute atomic E-state index is 5.72. The van der Waals surface area contributed by atoms with Gasteiger partial charge >= 0.3 is 0 Å². The zero-order valence-corrected chi connectivity index (χ0v) is 8.22. The minimum atomic E-state index is 0.689. The Bertz CT molecular complexity index is 267. The summed E-state index contributed by atoms with van der Waals surface area (Å²) >= 11 is 5.72. The molecule has 3 heteroatoms. The van der Waals surface area contributed by atoms with Crippen LogP contribution in [0.3, 0.4) is 0 Å². The molecule has 0 bridgehead atoms. The van der Waals surface area contributed by atoms with Crippen LogP contribution >= 0.6 is 11.6 Å². The van der Waals surface area contributed by atoms with Crippen molar-refractivity contribution in [3.8, 4) is 0 Å². The highest BCUT2D eigenvalue weighted by Crippen LogP contribution is 2.26. The number of nitrogens with zero attached hydrogens (tertiary/aromatic N) is 1. The van der Waals surface area contributed by atoms with Crippen LogP contribution < -0.4 is 5.32 Å². The van der Waals surface area contributed by atoms with Gasteiger partial charge in [-0.15, -0.1) is 0 Å². The molecule has 1 heterocycles. The maximum Gasteiger partial charge on any atom is 0.125 e. The molecule has 0 amide bonds. The van der Waals surface area contributed by atoms with Crippen LogP contribution in [0.2, 0.25) is 5.02 Å². The molecule has 2 nitrogen and oxygen atoms in total. The van der Waals surface area contributed by atoms with Crippen LogP contribution in [-0.2, 0) is 0 Å². The molecule has 0 unspecified atom stereocenters. The standard InChI is InChI=1S/C10H13ClN2/c11-9-4-5-10(13-7-9)12-6-8-2-1-3-8/h4-5,7-8H,1-3,6H2,(H,12,13). The molecule has 1 N–H and O–H groups in total. The van der Waals surface area contributed by atoms with E-state index in [9.17, 15) is 0 Å². The van der Waals surface area contributed by atoms with Crippen molar-refractivity contribution in [3.63, 3.8) is 0 Å². The second-order valence-electron chi connectivity index (χ2n) is 3.54. The van der Waals surface area contributed by atoms with Gasteiger partial charge in [0.1, 0.15) is 5.82 Å². The summed E-state index contributed by atoms with van der Waals surface area (Å²) < 4.78 is 0. The minimum Gasteiger partial charge on any atom is -0.370 e. The molecule has 1 aliphatic rings. The van der Waals surface area contributed by atoms with Gasteiger partial charge in [-0.3, -0.25) is 0 Å². The average molecular weight is 197 g/mol. The number of hydrogen-bond donors (Lipinski definition) is 1. The van der Waals surface area contributed by atoms with Crippen LogP contribution in [0.15, 0.2) is 18.3 Å². The monoisotopic (exact) mass is 196 g/mol. The molecule has 1 aliphatic carbocycles. The molecule has 0 saturated heterocycles. The van der Waals surface area contributed by atoms with Crippen molar-refractivity contribution >= 4 is 17.4 Å². The zero-order valence-electron chi connectivity index (χ0n) is 7.46. The van der Waals surface area contributed by atoms with E-state index in [4.69, 9.17) is 11.6 Å². The van der Waals surface area contributed by atoms with Crippen molar-refractivity contribution in [2.45, 2.75) is 19.3 Å². The van der Waals surface area contributed by atoms with E-state index in [1.807, 2.05) is 12.1 Å². The summed E-state index contributed by atoms with van der Waals surface area (Å²) in [7, 11) is 0. The second-order valence-corrected chi connectivity index (χ2v) is 3.98. The predicted octanol–water partition coefficient (Wildman–Crippen LogP) is 2.95. The highest BCUT2D eigenvalue weighted by atomic mass is 35.5. The number of hydrogen-bond acceptors (Lipinski definition) is 2. The van der Waals surface area contributed by atoms with Crippen molar-refractivity contribution in [1.29, 1.82) is 0 Å². The Hall–Kier alpha value is -0.760. The molecule has 13 heavy (non-hydrogen) atoms. The van der Waals surface area contributed by atoms with Crippen molar-refractivity contribution < 1.29 is 0 Å². The van der Waals surface area contributed by atoms with Crippen LogP contribution in [-0.4, -0.2) is 11.5 Å². The highest BCUT2D eigenvalue weighted by molar-refractivity contribution is 6.30. The number of pyridine rings is 1. The molecule has 0 spiro atoms. The van der Waals surface area contributed by atoms with E-state index < -0.39 is 0 Å². The molecule has 0 aliphatic heterocycles. The smallest absolute Gasteiger partial charge is 0.125 e. The van der Waals surface area contributed by atoms with E-state index >= 15 is 0 Å². The first-order valence-corrected chi connectivity index (χ1v) is 5.08. The molecule has 0 atom stereocenters. The fraction of sp³-hybridized carbons (Fsp3) is 0.500. The fourth-order valence-corrected chi connectivity index (χ4v) is 1.54. The van der Waals surface area contributed by atoms with Crippen LogP contribution in [0, 0.1) is 5.92 Å². The van der Waals surface area contributed by atoms with Gasteiger partial charge in [-0.25, -0.2) is 4.98 Å². The maximum atomic E-state index is 5.72. The molecular weight excluding hydrogens is 184 g/mol. The Labute approximate surface area is 83.3 Å². The molecule has 2 rings (SSSR count). The highest BCUT2D eigenvalue weighted by Gasteiger charge is 2.16. The van der Waals surface area contributed by atoms with E-state index in [0.717, 1.165) is 18.3 Å². The summed E-state index contributed by atoms with van der Waals surface area (Å²) in [5, 5.41) is 3.99. The van der Waals surface area contributed by atoms with Crippen molar-refractivity contribution in [1.82, 2.24) is 4.98 Å². The lowest BCUT2D eigenvalue weighted by molar-refractivity contribution is 0.333. The van der Waals surface area contributed by atoms with E-state index in [0.29, 0.717) is 5.02 Å². The SMILES string of the molecule is Clc1ccc(NCC2CCC2)nc1. The molecule has 0 aromatic carbocycles. The molecule has 1 fully saturated rings. The molecule has 70 valence electrons. The fourth-order valence-electron chi connectivity index (χ4n) is 1.43. The van der Waals surface area contributed by atoms with E-state index in [1.165, 1.54) is 19.3 Å². The van der Waals surface area contributed by atoms with Crippen LogP contribution in [0.25, 0.3) is 0 Å². The van der Waals surface area contributed by atoms with Crippen LogP contribution in [0.4, 0.5) is 5.82 Å². The van der Waals surface area contributed by atoms with Gasteiger partial charge in [0.2, 0.25) is 0 Å². The third kappa shape index (κ3) is 2.34. The Kier molecular flexibility index (Phi) is 2.69. The quantitative estimate of drug-likeness (QED) is 0.804. The third-order valence-electron chi connectivity index (χ3n) is 2.52. The van der Waals surface area contributed by atoms with Crippen LogP contribution in [0.1, 0.15) is 19.3 Å². The molecule has 1 saturated carbocycles. The summed E-state index contributed by atoms with van der Waals surface area (Å²) in [6.07, 6.45) is 5.78. The van der Waals surface area contributed by atoms with Gasteiger partial charge in [0.15, 0.2) is 0 Å². The number of aromatic nitrogens is 1. The normalized spacial score (nSPS) is 16.7. The molecule has 0 radical (unpaired) electrons. The van der Waals surface area contributed by atoms with Gasteiger partial charge in [0.05, 0.1) is 5.02 Å². The summed E-state index contributed by atoms with van der Waals surface area (Å²) in [6, 6.07) is 3.78. The van der Waals surface area contributed by atoms with E-state index in [-0.39, 0.29) is 0 Å². The van der Waals surface area contributed by atoms with Gasteiger partial charge < -0.3 is 5.32 Å². The van der Waals surface area contributed by atoms with Gasteiger partial charge in [-0.1, -0.05) is 18.0 Å². The number of halogens is 1. The number of nitrogens with one attached hydrogen (secondary N) is 1. The van der Waals surface area contributed by atoms with Gasteiger partial charge in [-0.05, 0) is 30.9 Å². The van der Waals surface area contributed by atoms with Gasteiger partial charge in [-0.2, -0.15) is 0 Å². The topological polar surface area (TPSA) is 24.9 Å². The Morgan fingerprint density at radius 3 is 2.85 bits per heavy atom. The second kappa shape index (κ2) is 3.97. The Balaban J connectivity index is 1.83. The van der Waals surface area contributed by atoms with E-state index in [1.54, 1.807) is 6.20 Å².